The van der Waals surface area contributed by atoms with Gasteiger partial charge in [-0.15, -0.1) is 0 Å². The van der Waals surface area contributed by atoms with Crippen LogP contribution in [-0.4, -0.2) is 43.4 Å². The van der Waals surface area contributed by atoms with Crippen LogP contribution in [0.5, 0.6) is 5.75 Å². The fourth-order valence-corrected chi connectivity index (χ4v) is 3.50. The van der Waals surface area contributed by atoms with Gasteiger partial charge in [0.1, 0.15) is 5.75 Å². The molecule has 1 saturated heterocycles. The molecule has 1 aliphatic heterocycles. The summed E-state index contributed by atoms with van der Waals surface area (Å²) in [5.41, 5.74) is 3.48. The van der Waals surface area contributed by atoms with Crippen LogP contribution >= 0.6 is 0 Å². The molecule has 0 N–H and O–H groups in total. The zero-order chi connectivity index (χ0) is 23.2. The van der Waals surface area contributed by atoms with Crippen LogP contribution in [0.4, 0.5) is 17.1 Å². The number of nitrogens with zero attached hydrogens (tertiary/aromatic N) is 3. The zero-order valence-electron chi connectivity index (χ0n) is 18.1. The molecule has 8 nitrogen and oxygen atoms in total. The molecule has 168 valence electrons. The standard InChI is InChI=1S/C25H23N3O5/c1-18-16-20(4-11-24(18)28(30)31)25(29)33-23-9-2-19(3-10-23)17-26-21-5-7-22(8-6-21)27-12-14-32-15-13-27/h2-11,16-17H,12-15H2,1H3. The first-order chi connectivity index (χ1) is 16.0. The molecule has 1 aliphatic rings. The molecule has 3 aromatic rings. The number of hydrogen-bond acceptors (Lipinski definition) is 7. The number of morpholine rings is 1. The first-order valence-corrected chi connectivity index (χ1v) is 10.5. The number of carbonyl (C=O) groups excluding carboxylic acids is 1. The number of nitro benzene ring substituents is 1. The van der Waals surface area contributed by atoms with Gasteiger partial charge in [0, 0.05) is 36.6 Å². The van der Waals surface area contributed by atoms with Gasteiger partial charge in [0.2, 0.25) is 0 Å². The Kier molecular flexibility index (Phi) is 6.75. The van der Waals surface area contributed by atoms with Gasteiger partial charge in [0.15, 0.2) is 0 Å². The lowest BCUT2D eigenvalue weighted by atomic mass is 10.1. The second-order valence-electron chi connectivity index (χ2n) is 7.59. The van der Waals surface area contributed by atoms with Crippen LogP contribution < -0.4 is 9.64 Å². The van der Waals surface area contributed by atoms with Gasteiger partial charge < -0.3 is 14.4 Å². The summed E-state index contributed by atoms with van der Waals surface area (Å²) in [5.74, 6) is -0.196. The largest absolute Gasteiger partial charge is 0.423 e. The van der Waals surface area contributed by atoms with Crippen molar-refractivity contribution in [3.05, 3.63) is 93.5 Å². The van der Waals surface area contributed by atoms with Crippen molar-refractivity contribution in [3.8, 4) is 5.75 Å². The second kappa shape index (κ2) is 10.1. The monoisotopic (exact) mass is 445 g/mol. The summed E-state index contributed by atoms with van der Waals surface area (Å²) in [6.07, 6.45) is 1.75. The molecule has 0 amide bonds. The van der Waals surface area contributed by atoms with Crippen LogP contribution in [0.2, 0.25) is 0 Å². The van der Waals surface area contributed by atoms with Crippen molar-refractivity contribution >= 4 is 29.2 Å². The van der Waals surface area contributed by atoms with E-state index < -0.39 is 10.9 Å². The highest BCUT2D eigenvalue weighted by molar-refractivity contribution is 5.91. The molecule has 0 aromatic heterocycles. The summed E-state index contributed by atoms with van der Waals surface area (Å²) < 4.78 is 10.8. The van der Waals surface area contributed by atoms with Gasteiger partial charge in [0.05, 0.1) is 29.4 Å². The number of aliphatic imine (C=N–C) groups is 1. The summed E-state index contributed by atoms with van der Waals surface area (Å²) >= 11 is 0. The molecule has 3 aromatic carbocycles. The Morgan fingerprint density at radius 1 is 1.06 bits per heavy atom. The normalized spacial score (nSPS) is 13.8. The van der Waals surface area contributed by atoms with Crippen molar-refractivity contribution in [2.45, 2.75) is 6.92 Å². The van der Waals surface area contributed by atoms with Crippen molar-refractivity contribution < 1.29 is 19.2 Å². The van der Waals surface area contributed by atoms with Crippen LogP contribution in [0, 0.1) is 17.0 Å². The van der Waals surface area contributed by atoms with Crippen LogP contribution in [0.15, 0.2) is 71.7 Å². The topological polar surface area (TPSA) is 94.3 Å². The van der Waals surface area contributed by atoms with E-state index >= 15 is 0 Å². The highest BCUT2D eigenvalue weighted by Crippen LogP contribution is 2.22. The molecule has 1 fully saturated rings. The van der Waals surface area contributed by atoms with Gasteiger partial charge in [-0.3, -0.25) is 15.1 Å². The first kappa shape index (κ1) is 22.2. The van der Waals surface area contributed by atoms with Crippen molar-refractivity contribution in [1.29, 1.82) is 0 Å². The lowest BCUT2D eigenvalue weighted by Gasteiger charge is -2.28. The van der Waals surface area contributed by atoms with Gasteiger partial charge in [-0.1, -0.05) is 0 Å². The van der Waals surface area contributed by atoms with Gasteiger partial charge in [-0.05, 0) is 73.2 Å². The van der Waals surface area contributed by atoms with Gasteiger partial charge in [0.25, 0.3) is 5.69 Å². The van der Waals surface area contributed by atoms with E-state index in [1.165, 1.54) is 18.2 Å². The molecule has 33 heavy (non-hydrogen) atoms. The lowest BCUT2D eigenvalue weighted by Crippen LogP contribution is -2.36. The van der Waals surface area contributed by atoms with Crippen molar-refractivity contribution in [2.75, 3.05) is 31.2 Å². The van der Waals surface area contributed by atoms with Crippen molar-refractivity contribution in [2.24, 2.45) is 4.99 Å². The minimum Gasteiger partial charge on any atom is -0.423 e. The van der Waals surface area contributed by atoms with E-state index in [0.717, 1.165) is 43.2 Å². The molecule has 0 radical (unpaired) electrons. The highest BCUT2D eigenvalue weighted by atomic mass is 16.6. The quantitative estimate of drug-likeness (QED) is 0.179. The van der Waals surface area contributed by atoms with E-state index in [2.05, 4.69) is 22.0 Å². The smallest absolute Gasteiger partial charge is 0.343 e. The zero-order valence-corrected chi connectivity index (χ0v) is 18.1. The number of anilines is 1. The Morgan fingerprint density at radius 3 is 2.39 bits per heavy atom. The van der Waals surface area contributed by atoms with Crippen LogP contribution in [0.1, 0.15) is 21.5 Å². The summed E-state index contributed by atoms with van der Waals surface area (Å²) in [6, 6.07) is 19.2. The molecule has 8 heteroatoms. The summed E-state index contributed by atoms with van der Waals surface area (Å²) in [7, 11) is 0. The molecule has 0 unspecified atom stereocenters. The molecule has 1 heterocycles. The number of hydrogen-bond donors (Lipinski definition) is 0. The Labute approximate surface area is 191 Å². The highest BCUT2D eigenvalue weighted by Gasteiger charge is 2.15. The maximum atomic E-state index is 12.4. The molecule has 0 spiro atoms. The minimum atomic E-state index is -0.574. The second-order valence-corrected chi connectivity index (χ2v) is 7.59. The Bertz CT molecular complexity index is 1170. The molecular weight excluding hydrogens is 422 g/mol. The fourth-order valence-electron chi connectivity index (χ4n) is 3.50. The number of aryl methyl sites for hydroxylation is 1. The maximum absolute atomic E-state index is 12.4. The van der Waals surface area contributed by atoms with Gasteiger partial charge in [-0.2, -0.15) is 0 Å². The lowest BCUT2D eigenvalue weighted by molar-refractivity contribution is -0.385. The third-order valence-corrected chi connectivity index (χ3v) is 5.31. The molecule has 0 bridgehead atoms. The molecule has 4 rings (SSSR count). The number of rotatable bonds is 6. The SMILES string of the molecule is Cc1cc(C(=O)Oc2ccc(C=Nc3ccc(N4CCOCC4)cc3)cc2)ccc1[N+](=O)[O-]. The molecule has 0 atom stereocenters. The van der Waals surface area contributed by atoms with E-state index in [1.807, 2.05) is 12.1 Å². The minimum absolute atomic E-state index is 0.0362. The average molecular weight is 445 g/mol. The van der Waals surface area contributed by atoms with E-state index in [9.17, 15) is 14.9 Å². The average Bonchev–Trinajstić information content (AvgIpc) is 2.84. The van der Waals surface area contributed by atoms with Crippen molar-refractivity contribution in [3.63, 3.8) is 0 Å². The molecular formula is C25H23N3O5. The Morgan fingerprint density at radius 2 is 1.76 bits per heavy atom. The number of carbonyl (C=O) groups is 1. The predicted octanol–water partition coefficient (Wildman–Crippen LogP) is 4.71. The number of ether oxygens (including phenoxy) is 2. The fraction of sp³-hybridized carbons (Fsp3) is 0.200. The first-order valence-electron chi connectivity index (χ1n) is 10.5. The van der Waals surface area contributed by atoms with Gasteiger partial charge >= 0.3 is 5.97 Å². The van der Waals surface area contributed by atoms with E-state index in [-0.39, 0.29) is 11.3 Å². The van der Waals surface area contributed by atoms with Crippen LogP contribution in [-0.2, 0) is 4.74 Å². The Hall–Kier alpha value is -4.04. The third kappa shape index (κ3) is 5.61. The van der Waals surface area contributed by atoms with Gasteiger partial charge in [-0.25, -0.2) is 4.79 Å². The molecule has 0 aliphatic carbocycles. The van der Waals surface area contributed by atoms with E-state index in [4.69, 9.17) is 9.47 Å². The summed E-state index contributed by atoms with van der Waals surface area (Å²) in [4.78, 5) is 29.6. The third-order valence-electron chi connectivity index (χ3n) is 5.31. The summed E-state index contributed by atoms with van der Waals surface area (Å²) in [6.45, 7) is 4.86. The molecule has 0 saturated carbocycles. The number of esters is 1. The van der Waals surface area contributed by atoms with E-state index in [1.54, 1.807) is 37.4 Å². The maximum Gasteiger partial charge on any atom is 0.343 e. The van der Waals surface area contributed by atoms with E-state index in [0.29, 0.717) is 11.3 Å². The number of nitro groups is 1. The van der Waals surface area contributed by atoms with Crippen LogP contribution in [0.3, 0.4) is 0 Å². The van der Waals surface area contributed by atoms with Crippen molar-refractivity contribution in [1.82, 2.24) is 0 Å². The summed E-state index contributed by atoms with van der Waals surface area (Å²) in [5, 5.41) is 10.9. The van der Waals surface area contributed by atoms with Crippen LogP contribution in [0.25, 0.3) is 0 Å². The predicted molar refractivity (Wildman–Crippen MR) is 126 cm³/mol. The Balaban J connectivity index is 1.36. The number of benzene rings is 3.